The Bertz CT molecular complexity index is 472. The summed E-state index contributed by atoms with van der Waals surface area (Å²) in [4.78, 5) is 0. The second-order valence-corrected chi connectivity index (χ2v) is 4.11. The molecule has 0 fully saturated rings. The molecule has 0 aliphatic carbocycles. The van der Waals surface area contributed by atoms with E-state index in [1.165, 1.54) is 16.9 Å². The van der Waals surface area contributed by atoms with Crippen molar-refractivity contribution in [1.29, 1.82) is 0 Å². The van der Waals surface area contributed by atoms with Gasteiger partial charge in [-0.15, -0.1) is 0 Å². The third kappa shape index (κ3) is 2.02. The highest BCUT2D eigenvalue weighted by molar-refractivity contribution is 5.51. The van der Waals surface area contributed by atoms with E-state index in [1.54, 1.807) is 0 Å². The van der Waals surface area contributed by atoms with E-state index < -0.39 is 0 Å². The lowest BCUT2D eigenvalue weighted by Crippen LogP contribution is -3.00. The number of nitrogens with zero attached hydrogens (tertiary/aromatic N) is 2. The van der Waals surface area contributed by atoms with Crippen LogP contribution in [-0.4, -0.2) is 4.40 Å². The molecule has 0 aliphatic rings. The van der Waals surface area contributed by atoms with Crippen molar-refractivity contribution in [2.75, 3.05) is 0 Å². The van der Waals surface area contributed by atoms with Crippen LogP contribution in [0.3, 0.4) is 0 Å². The molecular formula is C12H17IN2. The summed E-state index contributed by atoms with van der Waals surface area (Å²) in [6.07, 6.45) is 4.29. The monoisotopic (exact) mass is 316 g/mol. The van der Waals surface area contributed by atoms with Crippen molar-refractivity contribution in [1.82, 2.24) is 4.40 Å². The number of hydrogen-bond donors (Lipinski definition) is 0. The Morgan fingerprint density at radius 3 is 2.47 bits per heavy atom. The van der Waals surface area contributed by atoms with Crippen LogP contribution in [0.15, 0.2) is 24.5 Å². The van der Waals surface area contributed by atoms with E-state index in [2.05, 4.69) is 61.2 Å². The molecule has 2 aromatic rings. The molecule has 3 heteroatoms. The fourth-order valence-corrected chi connectivity index (χ4v) is 1.98. The Balaban J connectivity index is 0.00000112. The first-order chi connectivity index (χ1) is 6.61. The smallest absolute Gasteiger partial charge is 0.202 e. The second kappa shape index (κ2) is 4.51. The Labute approximate surface area is 108 Å². The van der Waals surface area contributed by atoms with Gasteiger partial charge < -0.3 is 28.4 Å². The van der Waals surface area contributed by atoms with E-state index in [1.807, 2.05) is 0 Å². The summed E-state index contributed by atoms with van der Waals surface area (Å²) in [5.74, 6) is 0. The predicted molar refractivity (Wildman–Crippen MR) is 57.5 cm³/mol. The lowest BCUT2D eigenvalue weighted by atomic mass is 10.3. The third-order valence-electron chi connectivity index (χ3n) is 2.81. The largest absolute Gasteiger partial charge is 1.00 e. The van der Waals surface area contributed by atoms with Gasteiger partial charge in [0.15, 0.2) is 12.2 Å². The van der Waals surface area contributed by atoms with Crippen LogP contribution in [0.4, 0.5) is 0 Å². The maximum absolute atomic E-state index is 2.30. The number of aromatic nitrogens is 2. The van der Waals surface area contributed by atoms with Crippen molar-refractivity contribution in [3.8, 4) is 0 Å². The summed E-state index contributed by atoms with van der Waals surface area (Å²) in [6.45, 7) is 8.72. The molecule has 0 radical (unpaired) electrons. The summed E-state index contributed by atoms with van der Waals surface area (Å²) in [6, 6.07) is 4.87. The standard InChI is InChI=1S/C12H17N2.HI/c1-9(2)13-7-8-14-10(3)5-6-12(14)11(13)4;/h5-9H,1-4H3;1H/q+1;/p-1. The Kier molecular flexibility index (Phi) is 3.76. The summed E-state index contributed by atoms with van der Waals surface area (Å²) in [7, 11) is 0. The molecule has 2 nitrogen and oxygen atoms in total. The zero-order valence-electron chi connectivity index (χ0n) is 9.66. The van der Waals surface area contributed by atoms with Gasteiger partial charge in [-0.05, 0) is 32.9 Å². The summed E-state index contributed by atoms with van der Waals surface area (Å²) in [5.41, 5.74) is 3.92. The van der Waals surface area contributed by atoms with E-state index in [0.717, 1.165) is 0 Å². The van der Waals surface area contributed by atoms with Gasteiger partial charge in [0, 0.05) is 12.6 Å². The predicted octanol–water partition coefficient (Wildman–Crippen LogP) is -0.571. The highest BCUT2D eigenvalue weighted by Gasteiger charge is 2.14. The number of aryl methyl sites for hydroxylation is 2. The number of hydrogen-bond acceptors (Lipinski definition) is 0. The van der Waals surface area contributed by atoms with Crippen LogP contribution >= 0.6 is 0 Å². The van der Waals surface area contributed by atoms with E-state index in [4.69, 9.17) is 0 Å². The number of rotatable bonds is 1. The molecular weight excluding hydrogens is 299 g/mol. The van der Waals surface area contributed by atoms with Crippen molar-refractivity contribution >= 4 is 5.52 Å². The second-order valence-electron chi connectivity index (χ2n) is 4.11. The van der Waals surface area contributed by atoms with Crippen molar-refractivity contribution < 1.29 is 28.5 Å². The van der Waals surface area contributed by atoms with Crippen molar-refractivity contribution in [2.45, 2.75) is 33.7 Å². The van der Waals surface area contributed by atoms with E-state index >= 15 is 0 Å². The van der Waals surface area contributed by atoms with Crippen molar-refractivity contribution in [3.63, 3.8) is 0 Å². The molecule has 0 aliphatic heterocycles. The highest BCUT2D eigenvalue weighted by atomic mass is 127. The zero-order chi connectivity index (χ0) is 10.3. The lowest BCUT2D eigenvalue weighted by Gasteiger charge is -2.06. The molecule has 2 rings (SSSR count). The molecule has 0 saturated carbocycles. The third-order valence-corrected chi connectivity index (χ3v) is 2.81. The van der Waals surface area contributed by atoms with Gasteiger partial charge in [0.1, 0.15) is 5.52 Å². The SMILES string of the molecule is Cc1ccc2c(C)[n+](C(C)C)ccn12.[I-]. The first kappa shape index (κ1) is 12.5. The fraction of sp³-hybridized carbons (Fsp3) is 0.417. The molecule has 0 spiro atoms. The number of fused-ring (bicyclic) bond motifs is 1. The minimum atomic E-state index is 0. The zero-order valence-corrected chi connectivity index (χ0v) is 11.8. The Morgan fingerprint density at radius 2 is 1.87 bits per heavy atom. The minimum Gasteiger partial charge on any atom is -1.00 e. The summed E-state index contributed by atoms with van der Waals surface area (Å²) >= 11 is 0. The minimum absolute atomic E-state index is 0. The fourth-order valence-electron chi connectivity index (χ4n) is 1.98. The van der Waals surface area contributed by atoms with Gasteiger partial charge in [-0.25, -0.2) is 0 Å². The van der Waals surface area contributed by atoms with Gasteiger partial charge >= 0.3 is 0 Å². The van der Waals surface area contributed by atoms with E-state index in [0.29, 0.717) is 6.04 Å². The van der Waals surface area contributed by atoms with Gasteiger partial charge in [-0.2, -0.15) is 4.57 Å². The van der Waals surface area contributed by atoms with Crippen molar-refractivity contribution in [2.24, 2.45) is 0 Å². The Hall–Kier alpha value is -0.580. The average molecular weight is 316 g/mol. The molecule has 0 saturated heterocycles. The molecule has 0 aromatic carbocycles. The average Bonchev–Trinajstić information content (AvgIpc) is 2.49. The van der Waals surface area contributed by atoms with E-state index in [-0.39, 0.29) is 24.0 Å². The molecule has 0 amide bonds. The lowest BCUT2D eigenvalue weighted by molar-refractivity contribution is -0.721. The van der Waals surface area contributed by atoms with Crippen LogP contribution in [-0.2, 0) is 0 Å². The maximum atomic E-state index is 2.30. The van der Waals surface area contributed by atoms with Crippen molar-refractivity contribution in [3.05, 3.63) is 35.9 Å². The normalized spacial score (nSPS) is 10.7. The number of halogens is 1. The van der Waals surface area contributed by atoms with Crippen LogP contribution in [0.1, 0.15) is 31.3 Å². The van der Waals surface area contributed by atoms with Gasteiger partial charge in [0.05, 0.1) is 6.20 Å². The van der Waals surface area contributed by atoms with Crippen LogP contribution in [0, 0.1) is 13.8 Å². The molecule has 82 valence electrons. The molecule has 0 N–H and O–H groups in total. The van der Waals surface area contributed by atoms with Gasteiger partial charge in [-0.3, -0.25) is 0 Å². The molecule has 0 bridgehead atoms. The van der Waals surface area contributed by atoms with Gasteiger partial charge in [0.25, 0.3) is 0 Å². The first-order valence-electron chi connectivity index (χ1n) is 5.09. The molecule has 2 aromatic heterocycles. The van der Waals surface area contributed by atoms with Gasteiger partial charge in [-0.1, -0.05) is 0 Å². The molecule has 0 atom stereocenters. The topological polar surface area (TPSA) is 8.29 Å². The highest BCUT2D eigenvalue weighted by Crippen LogP contribution is 2.11. The van der Waals surface area contributed by atoms with Crippen LogP contribution in [0.5, 0.6) is 0 Å². The summed E-state index contributed by atoms with van der Waals surface area (Å²) < 4.78 is 4.53. The van der Waals surface area contributed by atoms with E-state index in [9.17, 15) is 0 Å². The van der Waals surface area contributed by atoms with Crippen LogP contribution in [0.2, 0.25) is 0 Å². The maximum Gasteiger partial charge on any atom is 0.202 e. The quantitative estimate of drug-likeness (QED) is 0.492. The molecule has 15 heavy (non-hydrogen) atoms. The first-order valence-corrected chi connectivity index (χ1v) is 5.09. The van der Waals surface area contributed by atoms with Crippen LogP contribution in [0.25, 0.3) is 5.52 Å². The van der Waals surface area contributed by atoms with Gasteiger partial charge in [0.2, 0.25) is 5.69 Å². The summed E-state index contributed by atoms with van der Waals surface area (Å²) in [5, 5.41) is 0. The molecule has 2 heterocycles. The Morgan fingerprint density at radius 1 is 1.20 bits per heavy atom. The van der Waals surface area contributed by atoms with Crippen LogP contribution < -0.4 is 28.5 Å². The molecule has 0 unspecified atom stereocenters.